The van der Waals surface area contributed by atoms with E-state index in [2.05, 4.69) is 23.4 Å². The molecule has 2 nitrogen and oxygen atoms in total. The minimum atomic E-state index is 0.168. The van der Waals surface area contributed by atoms with Crippen molar-refractivity contribution in [3.63, 3.8) is 0 Å². The minimum absolute atomic E-state index is 0.168. The number of fused-ring (bicyclic) bond motifs is 1. The van der Waals surface area contributed by atoms with E-state index in [0.29, 0.717) is 0 Å². The topological polar surface area (TPSA) is 32.6 Å². The van der Waals surface area contributed by atoms with Gasteiger partial charge < -0.3 is 5.21 Å². The molecule has 0 saturated heterocycles. The molecule has 1 fully saturated rings. The summed E-state index contributed by atoms with van der Waals surface area (Å²) >= 11 is 0. The second-order valence-electron chi connectivity index (χ2n) is 5.45. The van der Waals surface area contributed by atoms with E-state index >= 15 is 0 Å². The molecule has 2 heteroatoms. The highest BCUT2D eigenvalue weighted by atomic mass is 16.4. The Labute approximate surface area is 102 Å². The third-order valence-corrected chi connectivity index (χ3v) is 4.56. The number of aryl methyl sites for hydroxylation is 1. The molecule has 1 saturated carbocycles. The Balaban J connectivity index is 2.06. The number of benzene rings is 1. The van der Waals surface area contributed by atoms with Gasteiger partial charge in [-0.15, -0.1) is 0 Å². The van der Waals surface area contributed by atoms with Crippen molar-refractivity contribution in [2.75, 3.05) is 0 Å². The zero-order valence-corrected chi connectivity index (χ0v) is 10.2. The van der Waals surface area contributed by atoms with Crippen LogP contribution in [0.25, 0.3) is 0 Å². The Bertz CT molecular complexity index is 444. The number of hydrogen-bond acceptors (Lipinski definition) is 2. The molecular formula is C15H19NO. The van der Waals surface area contributed by atoms with Gasteiger partial charge in [0, 0.05) is 11.0 Å². The van der Waals surface area contributed by atoms with E-state index in [1.54, 1.807) is 0 Å². The molecule has 2 aliphatic carbocycles. The number of hydrogen-bond donors (Lipinski definition) is 1. The maximum atomic E-state index is 9.44. The Morgan fingerprint density at radius 2 is 1.76 bits per heavy atom. The van der Waals surface area contributed by atoms with Crippen molar-refractivity contribution in [3.8, 4) is 0 Å². The fourth-order valence-corrected chi connectivity index (χ4v) is 3.62. The summed E-state index contributed by atoms with van der Waals surface area (Å²) in [5.41, 5.74) is 3.65. The average molecular weight is 229 g/mol. The zero-order valence-electron chi connectivity index (χ0n) is 10.2. The minimum Gasteiger partial charge on any atom is -0.411 e. The molecule has 0 unspecified atom stereocenters. The summed E-state index contributed by atoms with van der Waals surface area (Å²) in [7, 11) is 0. The fourth-order valence-electron chi connectivity index (χ4n) is 3.62. The predicted molar refractivity (Wildman–Crippen MR) is 68.6 cm³/mol. The molecule has 0 aliphatic heterocycles. The van der Waals surface area contributed by atoms with Crippen molar-refractivity contribution >= 4 is 5.71 Å². The van der Waals surface area contributed by atoms with Crippen LogP contribution in [0, 0.1) is 5.41 Å². The van der Waals surface area contributed by atoms with E-state index in [0.717, 1.165) is 18.6 Å². The van der Waals surface area contributed by atoms with Gasteiger partial charge in [0.25, 0.3) is 0 Å². The van der Waals surface area contributed by atoms with Gasteiger partial charge in [-0.2, -0.15) is 0 Å². The van der Waals surface area contributed by atoms with Crippen LogP contribution < -0.4 is 0 Å². The number of nitrogens with zero attached hydrogens (tertiary/aromatic N) is 1. The molecule has 1 aromatic rings. The molecule has 1 aromatic carbocycles. The Hall–Kier alpha value is -1.31. The summed E-state index contributed by atoms with van der Waals surface area (Å²) in [6.07, 6.45) is 8.57. The molecule has 17 heavy (non-hydrogen) atoms. The third kappa shape index (κ3) is 1.67. The van der Waals surface area contributed by atoms with Gasteiger partial charge in [0.2, 0.25) is 0 Å². The van der Waals surface area contributed by atoms with Crippen molar-refractivity contribution < 1.29 is 5.21 Å². The fraction of sp³-hybridized carbons (Fsp3) is 0.533. The highest BCUT2D eigenvalue weighted by Crippen LogP contribution is 2.46. The van der Waals surface area contributed by atoms with Gasteiger partial charge >= 0.3 is 0 Å². The van der Waals surface area contributed by atoms with Gasteiger partial charge in [-0.3, -0.25) is 0 Å². The summed E-state index contributed by atoms with van der Waals surface area (Å²) in [6, 6.07) is 8.40. The van der Waals surface area contributed by atoms with Gasteiger partial charge in [0.1, 0.15) is 0 Å². The molecule has 0 bridgehead atoms. The molecular weight excluding hydrogens is 210 g/mol. The van der Waals surface area contributed by atoms with Crippen LogP contribution in [0.3, 0.4) is 0 Å². The van der Waals surface area contributed by atoms with E-state index < -0.39 is 0 Å². The Kier molecular flexibility index (Phi) is 2.65. The maximum Gasteiger partial charge on any atom is 0.0932 e. The first kappa shape index (κ1) is 10.8. The first-order valence-corrected chi connectivity index (χ1v) is 6.67. The molecule has 0 aromatic heterocycles. The standard InChI is InChI=1S/C15H19NO/c17-16-14-13-7-3-2-6-12(13)8-11-15(14)9-4-1-5-10-15/h2-3,6-7,17H,1,4-5,8-11H2/b16-14+. The highest BCUT2D eigenvalue weighted by molar-refractivity contribution is 6.06. The van der Waals surface area contributed by atoms with Crippen molar-refractivity contribution in [1.82, 2.24) is 0 Å². The van der Waals surface area contributed by atoms with Crippen LogP contribution in [-0.2, 0) is 6.42 Å². The van der Waals surface area contributed by atoms with Crippen LogP contribution in [0.4, 0.5) is 0 Å². The van der Waals surface area contributed by atoms with Crippen LogP contribution >= 0.6 is 0 Å². The molecule has 0 radical (unpaired) electrons. The normalized spacial score (nSPS) is 24.8. The van der Waals surface area contributed by atoms with Crippen LogP contribution in [0.15, 0.2) is 29.4 Å². The lowest BCUT2D eigenvalue weighted by Crippen LogP contribution is -2.38. The molecule has 0 atom stereocenters. The van der Waals surface area contributed by atoms with Gasteiger partial charge in [0.05, 0.1) is 5.71 Å². The van der Waals surface area contributed by atoms with Crippen molar-refractivity contribution in [3.05, 3.63) is 35.4 Å². The SMILES string of the molecule is O/N=C1\c2ccccc2CCC12CCCCC2. The van der Waals surface area contributed by atoms with E-state index in [-0.39, 0.29) is 5.41 Å². The van der Waals surface area contributed by atoms with Gasteiger partial charge in [-0.05, 0) is 31.2 Å². The smallest absolute Gasteiger partial charge is 0.0932 e. The molecule has 1 N–H and O–H groups in total. The highest BCUT2D eigenvalue weighted by Gasteiger charge is 2.41. The maximum absolute atomic E-state index is 9.44. The van der Waals surface area contributed by atoms with Crippen LogP contribution in [-0.4, -0.2) is 10.9 Å². The van der Waals surface area contributed by atoms with E-state index in [9.17, 15) is 5.21 Å². The third-order valence-electron chi connectivity index (χ3n) is 4.56. The van der Waals surface area contributed by atoms with Crippen molar-refractivity contribution in [2.45, 2.75) is 44.9 Å². The molecule has 3 rings (SSSR count). The monoisotopic (exact) mass is 229 g/mol. The summed E-state index contributed by atoms with van der Waals surface area (Å²) in [6.45, 7) is 0. The second-order valence-corrected chi connectivity index (χ2v) is 5.45. The van der Waals surface area contributed by atoms with Gasteiger partial charge in [-0.1, -0.05) is 48.7 Å². The molecule has 1 spiro atoms. The molecule has 90 valence electrons. The van der Waals surface area contributed by atoms with Gasteiger partial charge in [-0.25, -0.2) is 0 Å². The van der Waals surface area contributed by atoms with Crippen LogP contribution in [0.5, 0.6) is 0 Å². The van der Waals surface area contributed by atoms with Gasteiger partial charge in [0.15, 0.2) is 0 Å². The molecule has 0 heterocycles. The van der Waals surface area contributed by atoms with Crippen LogP contribution in [0.1, 0.15) is 49.7 Å². The molecule has 2 aliphatic rings. The largest absolute Gasteiger partial charge is 0.411 e. The van der Waals surface area contributed by atoms with E-state index in [1.165, 1.54) is 43.2 Å². The quantitative estimate of drug-likeness (QED) is 0.533. The van der Waals surface area contributed by atoms with Crippen molar-refractivity contribution in [1.29, 1.82) is 0 Å². The first-order chi connectivity index (χ1) is 8.36. The number of rotatable bonds is 0. The Morgan fingerprint density at radius 3 is 2.53 bits per heavy atom. The summed E-state index contributed by atoms with van der Waals surface area (Å²) in [5.74, 6) is 0. The van der Waals surface area contributed by atoms with Crippen LogP contribution in [0.2, 0.25) is 0 Å². The summed E-state index contributed by atoms with van der Waals surface area (Å²) < 4.78 is 0. The lowest BCUT2D eigenvalue weighted by molar-refractivity contribution is 0.241. The lowest BCUT2D eigenvalue weighted by atomic mass is 9.63. The van der Waals surface area contributed by atoms with Crippen molar-refractivity contribution in [2.24, 2.45) is 10.6 Å². The zero-order chi connectivity index (χ0) is 11.7. The first-order valence-electron chi connectivity index (χ1n) is 6.67. The lowest BCUT2D eigenvalue weighted by Gasteiger charge is -2.41. The predicted octanol–water partition coefficient (Wildman–Crippen LogP) is 3.76. The Morgan fingerprint density at radius 1 is 1.00 bits per heavy atom. The second kappa shape index (κ2) is 4.17. The molecule has 0 amide bonds. The summed E-state index contributed by atoms with van der Waals surface area (Å²) in [4.78, 5) is 0. The average Bonchev–Trinajstić information content (AvgIpc) is 2.40. The van der Waals surface area contributed by atoms with E-state index in [4.69, 9.17) is 0 Å². The number of oxime groups is 1. The summed E-state index contributed by atoms with van der Waals surface area (Å²) in [5, 5.41) is 13.1. The van der Waals surface area contributed by atoms with E-state index in [1.807, 2.05) is 6.07 Å².